The van der Waals surface area contributed by atoms with Crippen molar-refractivity contribution in [2.24, 2.45) is 0 Å². The van der Waals surface area contributed by atoms with Crippen molar-refractivity contribution in [1.29, 1.82) is 0 Å². The summed E-state index contributed by atoms with van der Waals surface area (Å²) in [4.78, 5) is 23.0. The second-order valence-electron chi connectivity index (χ2n) is 6.84. The third kappa shape index (κ3) is 3.92. The molecule has 0 bridgehead atoms. The van der Waals surface area contributed by atoms with E-state index in [1.807, 2.05) is 12.1 Å². The summed E-state index contributed by atoms with van der Waals surface area (Å²) in [5.74, 6) is -0.628. The lowest BCUT2D eigenvalue weighted by molar-refractivity contribution is -0.384. The third-order valence-electron chi connectivity index (χ3n) is 4.94. The average molecular weight is 438 g/mol. The van der Waals surface area contributed by atoms with Crippen molar-refractivity contribution in [3.63, 3.8) is 0 Å². The standard InChI is InChI=1S/C21H18N4O5S/c26-21(23-22-18-9-2-4-11-20(18)25(27)28)16-7-5-8-17(14-16)31(29,30)24-13-12-15-6-1-3-10-19(15)24/h1-11,14,22H,12-13H2,(H,23,26). The summed E-state index contributed by atoms with van der Waals surface area (Å²) in [6.07, 6.45) is 0.620. The molecule has 0 fully saturated rings. The molecule has 1 aliphatic heterocycles. The highest BCUT2D eigenvalue weighted by Crippen LogP contribution is 2.32. The van der Waals surface area contributed by atoms with Crippen molar-refractivity contribution in [2.75, 3.05) is 16.3 Å². The van der Waals surface area contributed by atoms with E-state index in [4.69, 9.17) is 0 Å². The fraction of sp³-hybridized carbons (Fsp3) is 0.0952. The number of anilines is 2. The Labute approximate surface area is 178 Å². The molecule has 10 heteroatoms. The third-order valence-corrected chi connectivity index (χ3v) is 6.75. The van der Waals surface area contributed by atoms with E-state index in [-0.39, 0.29) is 21.8 Å². The minimum Gasteiger partial charge on any atom is -0.292 e. The number of carbonyl (C=O) groups excluding carboxylic acids is 1. The van der Waals surface area contributed by atoms with Gasteiger partial charge in [0, 0.05) is 18.2 Å². The molecule has 1 aliphatic rings. The van der Waals surface area contributed by atoms with E-state index in [9.17, 15) is 23.3 Å². The van der Waals surface area contributed by atoms with E-state index in [1.165, 1.54) is 46.8 Å². The number of hydrogen-bond donors (Lipinski definition) is 2. The van der Waals surface area contributed by atoms with Gasteiger partial charge >= 0.3 is 0 Å². The monoisotopic (exact) mass is 438 g/mol. The molecule has 31 heavy (non-hydrogen) atoms. The first-order valence-corrected chi connectivity index (χ1v) is 10.8. The topological polar surface area (TPSA) is 122 Å². The second kappa shape index (κ2) is 8.07. The number of hydrazine groups is 1. The molecule has 1 heterocycles. The molecule has 158 valence electrons. The minimum absolute atomic E-state index is 0.0115. The average Bonchev–Trinajstić information content (AvgIpc) is 3.23. The molecule has 2 N–H and O–H groups in total. The summed E-state index contributed by atoms with van der Waals surface area (Å²) in [5, 5.41) is 11.1. The van der Waals surface area contributed by atoms with Crippen molar-refractivity contribution < 1.29 is 18.1 Å². The van der Waals surface area contributed by atoms with Crippen LogP contribution in [0.2, 0.25) is 0 Å². The van der Waals surface area contributed by atoms with Crippen molar-refractivity contribution in [3.8, 4) is 0 Å². The number of rotatable bonds is 6. The SMILES string of the molecule is O=C(NNc1ccccc1[N+](=O)[O-])c1cccc(S(=O)(=O)N2CCc3ccccc32)c1. The Hall–Kier alpha value is -3.92. The summed E-state index contributed by atoms with van der Waals surface area (Å²) in [7, 11) is -3.85. The number of fused-ring (bicyclic) bond motifs is 1. The number of benzene rings is 3. The van der Waals surface area contributed by atoms with Crippen LogP contribution in [0.3, 0.4) is 0 Å². The molecule has 9 nitrogen and oxygen atoms in total. The van der Waals surface area contributed by atoms with E-state index in [0.717, 1.165) is 5.56 Å². The largest absolute Gasteiger partial charge is 0.294 e. The van der Waals surface area contributed by atoms with Crippen LogP contribution in [0.1, 0.15) is 15.9 Å². The Morgan fingerprint density at radius 2 is 1.74 bits per heavy atom. The van der Waals surface area contributed by atoms with Gasteiger partial charge in [0.2, 0.25) is 0 Å². The lowest BCUT2D eigenvalue weighted by Crippen LogP contribution is -2.31. The summed E-state index contributed by atoms with van der Waals surface area (Å²) in [6, 6.07) is 18.8. The van der Waals surface area contributed by atoms with Crippen molar-refractivity contribution in [2.45, 2.75) is 11.3 Å². The van der Waals surface area contributed by atoms with Crippen molar-refractivity contribution in [1.82, 2.24) is 5.43 Å². The molecule has 0 unspecified atom stereocenters. The predicted molar refractivity (Wildman–Crippen MR) is 115 cm³/mol. The Bertz CT molecular complexity index is 1280. The highest BCUT2D eigenvalue weighted by molar-refractivity contribution is 7.92. The van der Waals surface area contributed by atoms with Gasteiger partial charge in [0.05, 0.1) is 15.5 Å². The molecule has 3 aromatic carbocycles. The maximum Gasteiger partial charge on any atom is 0.294 e. The summed E-state index contributed by atoms with van der Waals surface area (Å²) in [6.45, 7) is 0.331. The van der Waals surface area contributed by atoms with E-state index >= 15 is 0 Å². The van der Waals surface area contributed by atoms with Gasteiger partial charge in [0.1, 0.15) is 5.69 Å². The number of carbonyl (C=O) groups is 1. The van der Waals surface area contributed by atoms with Crippen molar-refractivity contribution >= 4 is 33.0 Å². The Morgan fingerprint density at radius 1 is 1.00 bits per heavy atom. The van der Waals surface area contributed by atoms with Crippen LogP contribution in [0.25, 0.3) is 0 Å². The van der Waals surface area contributed by atoms with Crippen LogP contribution in [0.5, 0.6) is 0 Å². The first-order chi connectivity index (χ1) is 14.9. The Balaban J connectivity index is 1.55. The molecular formula is C21H18N4O5S. The summed E-state index contributed by atoms with van der Waals surface area (Å²) >= 11 is 0. The molecule has 0 saturated carbocycles. The molecule has 3 aromatic rings. The van der Waals surface area contributed by atoms with E-state index in [2.05, 4.69) is 10.9 Å². The van der Waals surface area contributed by atoms with E-state index in [1.54, 1.807) is 18.2 Å². The van der Waals surface area contributed by atoms with Gasteiger partial charge in [-0.2, -0.15) is 0 Å². The smallest absolute Gasteiger partial charge is 0.292 e. The van der Waals surface area contributed by atoms with Crippen LogP contribution in [0, 0.1) is 10.1 Å². The van der Waals surface area contributed by atoms with Crippen LogP contribution in [0.4, 0.5) is 17.1 Å². The van der Waals surface area contributed by atoms with Crippen LogP contribution in [-0.4, -0.2) is 25.8 Å². The van der Waals surface area contributed by atoms with Gasteiger partial charge in [-0.15, -0.1) is 0 Å². The van der Waals surface area contributed by atoms with Gasteiger partial charge in [-0.1, -0.05) is 36.4 Å². The number of sulfonamides is 1. The predicted octanol–water partition coefficient (Wildman–Crippen LogP) is 3.10. The summed E-state index contributed by atoms with van der Waals surface area (Å²) < 4.78 is 27.7. The van der Waals surface area contributed by atoms with E-state index < -0.39 is 20.9 Å². The van der Waals surface area contributed by atoms with Gasteiger partial charge in [-0.05, 0) is 42.3 Å². The lowest BCUT2D eigenvalue weighted by Gasteiger charge is -2.20. The number of amides is 1. The number of nitrogens with zero attached hydrogens (tertiary/aromatic N) is 2. The molecule has 0 atom stereocenters. The molecular weight excluding hydrogens is 420 g/mol. The molecule has 0 spiro atoms. The number of hydrogen-bond acceptors (Lipinski definition) is 6. The Morgan fingerprint density at radius 3 is 2.55 bits per heavy atom. The van der Waals surface area contributed by atoms with Crippen LogP contribution < -0.4 is 15.2 Å². The van der Waals surface area contributed by atoms with Crippen molar-refractivity contribution in [3.05, 3.63) is 94.0 Å². The van der Waals surface area contributed by atoms with Gasteiger partial charge in [-0.3, -0.25) is 30.1 Å². The first-order valence-electron chi connectivity index (χ1n) is 9.38. The number of para-hydroxylation sites is 3. The van der Waals surface area contributed by atoms with Crippen LogP contribution in [-0.2, 0) is 16.4 Å². The molecule has 1 amide bonds. The van der Waals surface area contributed by atoms with Gasteiger partial charge in [-0.25, -0.2) is 8.42 Å². The molecule has 0 aliphatic carbocycles. The van der Waals surface area contributed by atoms with Gasteiger partial charge in [0.25, 0.3) is 21.6 Å². The maximum atomic E-state index is 13.2. The first kappa shape index (κ1) is 20.4. The Kier molecular flexibility index (Phi) is 5.30. The lowest BCUT2D eigenvalue weighted by atomic mass is 10.2. The normalized spacial score (nSPS) is 12.8. The fourth-order valence-electron chi connectivity index (χ4n) is 3.42. The highest BCUT2D eigenvalue weighted by Gasteiger charge is 2.31. The van der Waals surface area contributed by atoms with Gasteiger partial charge < -0.3 is 0 Å². The zero-order valence-corrected chi connectivity index (χ0v) is 17.0. The van der Waals surface area contributed by atoms with Crippen LogP contribution >= 0.6 is 0 Å². The number of nitro groups is 1. The zero-order chi connectivity index (χ0) is 22.0. The molecule has 0 aromatic heterocycles. The van der Waals surface area contributed by atoms with E-state index in [0.29, 0.717) is 18.7 Å². The van der Waals surface area contributed by atoms with Crippen LogP contribution in [0.15, 0.2) is 77.7 Å². The molecule has 0 radical (unpaired) electrons. The fourth-order valence-corrected chi connectivity index (χ4v) is 4.97. The second-order valence-corrected chi connectivity index (χ2v) is 8.70. The maximum absolute atomic E-state index is 13.2. The summed E-state index contributed by atoms with van der Waals surface area (Å²) in [5.41, 5.74) is 6.48. The number of nitrogens with one attached hydrogen (secondary N) is 2. The quantitative estimate of drug-likeness (QED) is 0.451. The molecule has 0 saturated heterocycles. The minimum atomic E-state index is -3.85. The highest BCUT2D eigenvalue weighted by atomic mass is 32.2. The zero-order valence-electron chi connectivity index (χ0n) is 16.2. The molecule has 4 rings (SSSR count). The van der Waals surface area contributed by atoms with Gasteiger partial charge in [0.15, 0.2) is 0 Å². The number of nitro benzene ring substituents is 1.